The van der Waals surface area contributed by atoms with Gasteiger partial charge in [0.25, 0.3) is 11.7 Å². The van der Waals surface area contributed by atoms with Crippen molar-refractivity contribution in [2.75, 3.05) is 46.5 Å². The number of aliphatic hydroxyl groups excluding tert-OH is 1. The molecule has 8 heteroatoms. The molecule has 1 amide bonds. The lowest BCUT2D eigenvalue weighted by Crippen LogP contribution is -2.38. The zero-order valence-electron chi connectivity index (χ0n) is 26.4. The van der Waals surface area contributed by atoms with Gasteiger partial charge < -0.3 is 29.1 Å². The fraction of sp³-hybridized carbons (Fsp3) is 0.529. The van der Waals surface area contributed by atoms with Crippen molar-refractivity contribution in [3.63, 3.8) is 0 Å². The van der Waals surface area contributed by atoms with Gasteiger partial charge in [-0.25, -0.2) is 0 Å². The lowest BCUT2D eigenvalue weighted by atomic mass is 9.93. The number of rotatable bonds is 16. The summed E-state index contributed by atoms with van der Waals surface area (Å²) in [6, 6.07) is 10.1. The third-order valence-electron chi connectivity index (χ3n) is 7.77. The number of Topliss-reactive ketones (excluding diaryl/α,β-unsaturated/α-hetero) is 1. The standard InChI is InChI=1S/C34H48N2O6/c1-8-11-19-41-26-13-14-27(24(6)21-26)32(37)30-31(36(34(39)33(30)38)18-17-35(9-2)10-3)25-12-15-28(29(22-25)40-7)42-20-16-23(4)5/h12-15,21-23,31,37H,8-11,16-20H2,1-7H3/b32-30+. The topological polar surface area (TPSA) is 88.5 Å². The average Bonchev–Trinajstić information content (AvgIpc) is 3.22. The summed E-state index contributed by atoms with van der Waals surface area (Å²) in [4.78, 5) is 30.8. The van der Waals surface area contributed by atoms with Crippen LogP contribution in [0.15, 0.2) is 42.0 Å². The highest BCUT2D eigenvalue weighted by Gasteiger charge is 2.46. The molecule has 0 aliphatic carbocycles. The number of carbonyl (C=O) groups is 2. The van der Waals surface area contributed by atoms with Crippen LogP contribution in [-0.4, -0.2) is 73.1 Å². The predicted octanol–water partition coefficient (Wildman–Crippen LogP) is 6.37. The van der Waals surface area contributed by atoms with Crippen molar-refractivity contribution in [2.24, 2.45) is 5.92 Å². The minimum Gasteiger partial charge on any atom is -0.507 e. The Bertz CT molecular complexity index is 1250. The molecule has 0 aromatic heterocycles. The van der Waals surface area contributed by atoms with Gasteiger partial charge in [0.15, 0.2) is 11.5 Å². The van der Waals surface area contributed by atoms with Gasteiger partial charge in [-0.15, -0.1) is 0 Å². The van der Waals surface area contributed by atoms with Gasteiger partial charge in [-0.05, 0) is 80.2 Å². The fourth-order valence-corrected chi connectivity index (χ4v) is 5.10. The van der Waals surface area contributed by atoms with Crippen molar-refractivity contribution < 1.29 is 28.9 Å². The Morgan fingerprint density at radius 2 is 1.74 bits per heavy atom. The van der Waals surface area contributed by atoms with Gasteiger partial charge in [-0.1, -0.05) is 47.1 Å². The molecule has 1 aliphatic heterocycles. The van der Waals surface area contributed by atoms with E-state index in [1.54, 1.807) is 30.2 Å². The molecule has 42 heavy (non-hydrogen) atoms. The quantitative estimate of drug-likeness (QED) is 0.107. The van der Waals surface area contributed by atoms with E-state index < -0.39 is 17.7 Å². The van der Waals surface area contributed by atoms with E-state index >= 15 is 0 Å². The van der Waals surface area contributed by atoms with Crippen molar-refractivity contribution in [1.29, 1.82) is 0 Å². The molecule has 1 aliphatic rings. The monoisotopic (exact) mass is 580 g/mol. The Morgan fingerprint density at radius 3 is 2.36 bits per heavy atom. The summed E-state index contributed by atoms with van der Waals surface area (Å²) in [5.74, 6) is 0.787. The summed E-state index contributed by atoms with van der Waals surface area (Å²) in [6.45, 7) is 16.1. The van der Waals surface area contributed by atoms with Crippen LogP contribution in [-0.2, 0) is 9.59 Å². The van der Waals surface area contributed by atoms with E-state index in [0.717, 1.165) is 37.9 Å². The molecule has 1 fully saturated rings. The van der Waals surface area contributed by atoms with Crippen molar-refractivity contribution in [1.82, 2.24) is 9.80 Å². The molecular formula is C34H48N2O6. The normalized spacial score (nSPS) is 16.5. The van der Waals surface area contributed by atoms with Gasteiger partial charge in [-0.3, -0.25) is 9.59 Å². The molecule has 3 rings (SSSR count). The number of amides is 1. The highest BCUT2D eigenvalue weighted by atomic mass is 16.5. The molecule has 1 saturated heterocycles. The molecule has 8 nitrogen and oxygen atoms in total. The SMILES string of the molecule is CCCCOc1ccc(/C(O)=C2\C(=O)C(=O)N(CCN(CC)CC)C2c2ccc(OCCC(C)C)c(OC)c2)c(C)c1. The van der Waals surface area contributed by atoms with E-state index in [4.69, 9.17) is 14.2 Å². The molecule has 0 bridgehead atoms. The second kappa shape index (κ2) is 15.6. The number of ether oxygens (including phenoxy) is 3. The van der Waals surface area contributed by atoms with E-state index in [9.17, 15) is 14.7 Å². The van der Waals surface area contributed by atoms with Crippen LogP contribution in [0.1, 0.15) is 76.6 Å². The summed E-state index contributed by atoms with van der Waals surface area (Å²) in [5, 5.41) is 11.6. The third-order valence-corrected chi connectivity index (χ3v) is 7.77. The van der Waals surface area contributed by atoms with Gasteiger partial charge in [0.05, 0.1) is 31.9 Å². The maximum absolute atomic E-state index is 13.6. The van der Waals surface area contributed by atoms with E-state index in [-0.39, 0.29) is 11.3 Å². The fourth-order valence-electron chi connectivity index (χ4n) is 5.10. The molecule has 0 saturated carbocycles. The summed E-state index contributed by atoms with van der Waals surface area (Å²) in [6.07, 6.45) is 2.88. The lowest BCUT2D eigenvalue weighted by molar-refractivity contribution is -0.140. The van der Waals surface area contributed by atoms with Gasteiger partial charge in [-0.2, -0.15) is 0 Å². The molecule has 230 valence electrons. The number of likely N-dealkylation sites (tertiary alicyclic amines) is 1. The summed E-state index contributed by atoms with van der Waals surface area (Å²) in [5.41, 5.74) is 1.98. The second-order valence-electron chi connectivity index (χ2n) is 11.1. The Labute approximate surface area is 251 Å². The number of ketones is 1. The number of methoxy groups -OCH3 is 1. The Morgan fingerprint density at radius 1 is 1.00 bits per heavy atom. The van der Waals surface area contributed by atoms with Crippen LogP contribution in [0.5, 0.6) is 17.2 Å². The Hall–Kier alpha value is -3.52. The molecule has 2 aromatic carbocycles. The van der Waals surface area contributed by atoms with Gasteiger partial charge in [0, 0.05) is 18.7 Å². The largest absolute Gasteiger partial charge is 0.507 e. The first-order valence-corrected chi connectivity index (χ1v) is 15.2. The number of hydrogen-bond acceptors (Lipinski definition) is 7. The first-order valence-electron chi connectivity index (χ1n) is 15.2. The smallest absolute Gasteiger partial charge is 0.295 e. The van der Waals surface area contributed by atoms with Crippen molar-refractivity contribution >= 4 is 17.4 Å². The zero-order valence-corrected chi connectivity index (χ0v) is 26.4. The van der Waals surface area contributed by atoms with Gasteiger partial charge in [0.2, 0.25) is 0 Å². The van der Waals surface area contributed by atoms with Crippen molar-refractivity contribution in [3.05, 3.63) is 58.7 Å². The van der Waals surface area contributed by atoms with E-state index in [1.165, 1.54) is 0 Å². The number of aryl methyl sites for hydroxylation is 1. The lowest BCUT2D eigenvalue weighted by Gasteiger charge is -2.28. The van der Waals surface area contributed by atoms with Crippen molar-refractivity contribution in [2.45, 2.75) is 66.8 Å². The van der Waals surface area contributed by atoms with Crippen LogP contribution in [0.2, 0.25) is 0 Å². The molecular weight excluding hydrogens is 532 g/mol. The van der Waals surface area contributed by atoms with Crippen LogP contribution in [0.3, 0.4) is 0 Å². The number of aliphatic hydroxyl groups is 1. The van der Waals surface area contributed by atoms with Crippen LogP contribution >= 0.6 is 0 Å². The Balaban J connectivity index is 2.08. The molecule has 2 aromatic rings. The summed E-state index contributed by atoms with van der Waals surface area (Å²) < 4.78 is 17.5. The van der Waals surface area contributed by atoms with Crippen LogP contribution < -0.4 is 14.2 Å². The highest BCUT2D eigenvalue weighted by Crippen LogP contribution is 2.42. The minimum atomic E-state index is -0.779. The summed E-state index contributed by atoms with van der Waals surface area (Å²) in [7, 11) is 1.57. The van der Waals surface area contributed by atoms with Crippen LogP contribution in [0.25, 0.3) is 5.76 Å². The van der Waals surface area contributed by atoms with Crippen LogP contribution in [0, 0.1) is 12.8 Å². The Kier molecular flexibility index (Phi) is 12.3. The summed E-state index contributed by atoms with van der Waals surface area (Å²) >= 11 is 0. The number of likely N-dealkylation sites (N-methyl/N-ethyl adjacent to an activating group) is 1. The molecule has 1 N–H and O–H groups in total. The minimum absolute atomic E-state index is 0.0674. The van der Waals surface area contributed by atoms with E-state index in [2.05, 4.69) is 39.5 Å². The second-order valence-corrected chi connectivity index (χ2v) is 11.1. The maximum Gasteiger partial charge on any atom is 0.295 e. The molecule has 0 spiro atoms. The van der Waals surface area contributed by atoms with Gasteiger partial charge in [0.1, 0.15) is 11.5 Å². The zero-order chi connectivity index (χ0) is 30.8. The van der Waals surface area contributed by atoms with Crippen molar-refractivity contribution in [3.8, 4) is 17.2 Å². The number of benzene rings is 2. The van der Waals surface area contributed by atoms with Gasteiger partial charge >= 0.3 is 0 Å². The average molecular weight is 581 g/mol. The predicted molar refractivity (Wildman–Crippen MR) is 166 cm³/mol. The van der Waals surface area contributed by atoms with E-state index in [0.29, 0.717) is 60.6 Å². The molecule has 1 atom stereocenters. The number of carbonyl (C=O) groups excluding carboxylic acids is 2. The molecule has 0 radical (unpaired) electrons. The number of nitrogens with zero attached hydrogens (tertiary/aromatic N) is 2. The number of hydrogen-bond donors (Lipinski definition) is 1. The van der Waals surface area contributed by atoms with Crippen LogP contribution in [0.4, 0.5) is 0 Å². The first-order chi connectivity index (χ1) is 20.2. The third kappa shape index (κ3) is 7.85. The number of unbranched alkanes of at least 4 members (excludes halogenated alkanes) is 1. The highest BCUT2D eigenvalue weighted by molar-refractivity contribution is 6.46. The molecule has 1 heterocycles. The maximum atomic E-state index is 13.6. The first kappa shape index (κ1) is 33.0. The van der Waals surface area contributed by atoms with E-state index in [1.807, 2.05) is 25.1 Å². The molecule has 1 unspecified atom stereocenters.